The number of imide groups is 1. The summed E-state index contributed by atoms with van der Waals surface area (Å²) in [6.45, 7) is 0. The van der Waals surface area contributed by atoms with Gasteiger partial charge in [0.2, 0.25) is 10.0 Å². The van der Waals surface area contributed by atoms with Gasteiger partial charge in [0.25, 0.3) is 5.91 Å². The Hall–Kier alpha value is -2.36. The van der Waals surface area contributed by atoms with Gasteiger partial charge in [0.05, 0.1) is 5.69 Å². The standard InChI is InChI=1S/C10H7F2N3O4S/c11-5-1-2-7(6(12)3-5)15-20(18,19)8-4-13-10(17)14-9(8)16/h1-4,8,15H,(H,14,16,17). The number of carbonyl (C=O) groups is 2. The highest BCUT2D eigenvalue weighted by molar-refractivity contribution is 7.94. The molecule has 20 heavy (non-hydrogen) atoms. The molecule has 0 aromatic heterocycles. The van der Waals surface area contributed by atoms with E-state index in [1.807, 2.05) is 0 Å². The van der Waals surface area contributed by atoms with Crippen molar-refractivity contribution in [3.8, 4) is 0 Å². The van der Waals surface area contributed by atoms with Crippen molar-refractivity contribution in [3.05, 3.63) is 29.8 Å². The monoisotopic (exact) mass is 303 g/mol. The van der Waals surface area contributed by atoms with Crippen LogP contribution in [0.25, 0.3) is 0 Å². The lowest BCUT2D eigenvalue weighted by atomic mass is 10.3. The minimum absolute atomic E-state index is 0.483. The fraction of sp³-hybridized carbons (Fsp3) is 0.100. The number of urea groups is 1. The molecule has 0 saturated carbocycles. The molecule has 1 atom stereocenters. The van der Waals surface area contributed by atoms with E-state index in [9.17, 15) is 26.8 Å². The van der Waals surface area contributed by atoms with Crippen molar-refractivity contribution in [2.24, 2.45) is 4.99 Å². The summed E-state index contributed by atoms with van der Waals surface area (Å²) in [5.74, 6) is -3.13. The predicted octanol–water partition coefficient (Wildman–Crippen LogP) is 0.396. The van der Waals surface area contributed by atoms with Crippen LogP contribution in [0.4, 0.5) is 19.3 Å². The minimum atomic E-state index is -4.37. The van der Waals surface area contributed by atoms with E-state index in [-0.39, 0.29) is 0 Å². The number of anilines is 1. The second kappa shape index (κ2) is 4.96. The average Bonchev–Trinajstić information content (AvgIpc) is 2.32. The molecular formula is C10H7F2N3O4S. The van der Waals surface area contributed by atoms with Crippen LogP contribution >= 0.6 is 0 Å². The van der Waals surface area contributed by atoms with Gasteiger partial charge in [-0.05, 0) is 12.1 Å². The number of nitrogens with one attached hydrogen (secondary N) is 2. The lowest BCUT2D eigenvalue weighted by Crippen LogP contribution is -2.48. The van der Waals surface area contributed by atoms with E-state index in [4.69, 9.17) is 0 Å². The summed E-state index contributed by atoms with van der Waals surface area (Å²) in [7, 11) is -4.37. The van der Waals surface area contributed by atoms with Crippen LogP contribution in [0.3, 0.4) is 0 Å². The number of hydrogen-bond acceptors (Lipinski definition) is 4. The van der Waals surface area contributed by atoms with E-state index in [2.05, 4.69) is 4.99 Å². The molecule has 1 aliphatic rings. The van der Waals surface area contributed by atoms with Gasteiger partial charge in [-0.15, -0.1) is 0 Å². The first kappa shape index (κ1) is 14.1. The lowest BCUT2D eigenvalue weighted by molar-refractivity contribution is -0.118. The van der Waals surface area contributed by atoms with Crippen molar-refractivity contribution in [1.29, 1.82) is 0 Å². The van der Waals surface area contributed by atoms with Gasteiger partial charge in [0.1, 0.15) is 11.6 Å². The van der Waals surface area contributed by atoms with Gasteiger partial charge < -0.3 is 0 Å². The summed E-state index contributed by atoms with van der Waals surface area (Å²) in [5, 5.41) is -0.0911. The van der Waals surface area contributed by atoms with Gasteiger partial charge in [-0.1, -0.05) is 0 Å². The van der Waals surface area contributed by atoms with E-state index < -0.39 is 44.5 Å². The maximum atomic E-state index is 13.4. The quantitative estimate of drug-likeness (QED) is 0.843. The zero-order valence-corrected chi connectivity index (χ0v) is 10.4. The van der Waals surface area contributed by atoms with E-state index in [1.165, 1.54) is 0 Å². The van der Waals surface area contributed by atoms with Gasteiger partial charge in [0, 0.05) is 12.3 Å². The molecule has 10 heteroatoms. The van der Waals surface area contributed by atoms with E-state index in [1.54, 1.807) is 10.0 Å². The van der Waals surface area contributed by atoms with Crippen molar-refractivity contribution in [2.45, 2.75) is 5.25 Å². The molecule has 2 rings (SSSR count). The molecule has 1 aliphatic heterocycles. The number of sulfonamides is 1. The van der Waals surface area contributed by atoms with Gasteiger partial charge >= 0.3 is 6.03 Å². The first-order valence-corrected chi connectivity index (χ1v) is 6.70. The topological polar surface area (TPSA) is 105 Å². The summed E-state index contributed by atoms with van der Waals surface area (Å²) in [4.78, 5) is 25.3. The van der Waals surface area contributed by atoms with Gasteiger partial charge in [-0.3, -0.25) is 14.8 Å². The Morgan fingerprint density at radius 3 is 2.55 bits per heavy atom. The van der Waals surface area contributed by atoms with Crippen molar-refractivity contribution in [2.75, 3.05) is 4.72 Å². The highest BCUT2D eigenvalue weighted by atomic mass is 32.2. The minimum Gasteiger partial charge on any atom is -0.280 e. The number of rotatable bonds is 3. The van der Waals surface area contributed by atoms with E-state index in [0.717, 1.165) is 12.1 Å². The van der Waals surface area contributed by atoms with Crippen LogP contribution in [0.15, 0.2) is 23.2 Å². The third-order valence-electron chi connectivity index (χ3n) is 2.33. The number of aliphatic imine (C=N–C) groups is 1. The molecule has 7 nitrogen and oxygen atoms in total. The summed E-state index contributed by atoms with van der Waals surface area (Å²) in [6, 6.07) is 1.20. The highest BCUT2D eigenvalue weighted by Crippen LogP contribution is 2.18. The average molecular weight is 303 g/mol. The summed E-state index contributed by atoms with van der Waals surface area (Å²) >= 11 is 0. The van der Waals surface area contributed by atoms with E-state index in [0.29, 0.717) is 12.3 Å². The maximum Gasteiger partial charge on any atom is 0.347 e. The Morgan fingerprint density at radius 2 is 1.95 bits per heavy atom. The Kier molecular flexibility index (Phi) is 3.49. The molecule has 0 saturated heterocycles. The molecule has 1 heterocycles. The van der Waals surface area contributed by atoms with Crippen LogP contribution in [-0.4, -0.2) is 31.8 Å². The zero-order chi connectivity index (χ0) is 14.9. The largest absolute Gasteiger partial charge is 0.347 e. The van der Waals surface area contributed by atoms with Crippen molar-refractivity contribution in [1.82, 2.24) is 5.32 Å². The molecule has 0 bridgehead atoms. The Labute approximate surface area is 111 Å². The molecule has 0 fully saturated rings. The number of amides is 3. The Bertz CT molecular complexity index is 717. The zero-order valence-electron chi connectivity index (χ0n) is 9.63. The molecule has 2 N–H and O–H groups in total. The van der Waals surface area contributed by atoms with Crippen molar-refractivity contribution < 1.29 is 26.8 Å². The second-order valence-electron chi connectivity index (χ2n) is 3.76. The molecule has 1 unspecified atom stereocenters. The van der Waals surface area contributed by atoms with Crippen LogP contribution < -0.4 is 10.0 Å². The number of halogens is 2. The van der Waals surface area contributed by atoms with Crippen LogP contribution in [0.5, 0.6) is 0 Å². The predicted molar refractivity (Wildman–Crippen MR) is 64.7 cm³/mol. The number of hydrogen-bond donors (Lipinski definition) is 2. The molecule has 0 radical (unpaired) electrons. The van der Waals surface area contributed by atoms with Crippen molar-refractivity contribution >= 4 is 33.9 Å². The molecule has 1 aromatic rings. The second-order valence-corrected chi connectivity index (χ2v) is 5.57. The molecule has 106 valence electrons. The Morgan fingerprint density at radius 1 is 1.25 bits per heavy atom. The SMILES string of the molecule is O=C1N=CC(S(=O)(=O)Nc2ccc(F)cc2F)C(=O)N1. The molecular weight excluding hydrogens is 296 g/mol. The number of carbonyl (C=O) groups excluding carboxylic acids is 2. The highest BCUT2D eigenvalue weighted by Gasteiger charge is 2.35. The number of benzene rings is 1. The third kappa shape index (κ3) is 2.79. The first-order valence-electron chi connectivity index (χ1n) is 5.15. The maximum absolute atomic E-state index is 13.4. The molecule has 3 amide bonds. The lowest BCUT2D eigenvalue weighted by Gasteiger charge is -2.16. The smallest absolute Gasteiger partial charge is 0.280 e. The van der Waals surface area contributed by atoms with Crippen LogP contribution in [0.2, 0.25) is 0 Å². The fourth-order valence-corrected chi connectivity index (χ4v) is 2.58. The summed E-state index contributed by atoms with van der Waals surface area (Å²) in [6.07, 6.45) is 0.630. The first-order chi connectivity index (χ1) is 9.29. The normalized spacial score (nSPS) is 18.8. The summed E-state index contributed by atoms with van der Waals surface area (Å²) < 4.78 is 51.6. The number of nitrogens with zero attached hydrogens (tertiary/aromatic N) is 1. The van der Waals surface area contributed by atoms with Gasteiger partial charge in [-0.25, -0.2) is 27.0 Å². The summed E-state index contributed by atoms with van der Waals surface area (Å²) in [5.41, 5.74) is -0.524. The van der Waals surface area contributed by atoms with Crippen molar-refractivity contribution in [3.63, 3.8) is 0 Å². The molecule has 0 aliphatic carbocycles. The van der Waals surface area contributed by atoms with Gasteiger partial charge in [0.15, 0.2) is 5.25 Å². The van der Waals surface area contributed by atoms with E-state index >= 15 is 0 Å². The molecule has 1 aromatic carbocycles. The van der Waals surface area contributed by atoms with Crippen LogP contribution in [0.1, 0.15) is 0 Å². The van der Waals surface area contributed by atoms with Gasteiger partial charge in [-0.2, -0.15) is 0 Å². The Balaban J connectivity index is 2.30. The molecule has 0 spiro atoms. The van der Waals surface area contributed by atoms with Crippen LogP contribution in [-0.2, 0) is 14.8 Å². The van der Waals surface area contributed by atoms with Crippen LogP contribution in [0, 0.1) is 11.6 Å². The fourth-order valence-electron chi connectivity index (χ4n) is 1.42. The third-order valence-corrected chi connectivity index (χ3v) is 3.84.